The summed E-state index contributed by atoms with van der Waals surface area (Å²) < 4.78 is 4.55. The van der Waals surface area contributed by atoms with E-state index >= 15 is 0 Å². The minimum absolute atomic E-state index is 0.318. The maximum atomic E-state index is 9.60. The Morgan fingerprint density at radius 2 is 1.65 bits per heavy atom. The zero-order chi connectivity index (χ0) is 12.7. The van der Waals surface area contributed by atoms with Gasteiger partial charge >= 0.3 is 0 Å². The zero-order valence-corrected chi connectivity index (χ0v) is 11.3. The van der Waals surface area contributed by atoms with Gasteiger partial charge < -0.3 is 15.4 Å². The number of piperidine rings is 1. The summed E-state index contributed by atoms with van der Waals surface area (Å²) >= 11 is 0. The third kappa shape index (κ3) is 6.03. The fraction of sp³-hybridized carbons (Fsp3) is 0.923. The molecule has 0 saturated carbocycles. The number of rotatable bonds is 2. The SMILES string of the molecule is C1CC(C2CNC2)CCN1.CC(C)(C)OC=O. The molecule has 2 aliphatic rings. The number of nitrogens with one attached hydrogen (secondary N) is 2. The van der Waals surface area contributed by atoms with Crippen LogP contribution in [0, 0.1) is 11.8 Å². The second kappa shape index (κ2) is 6.97. The fourth-order valence-corrected chi connectivity index (χ4v) is 2.10. The van der Waals surface area contributed by atoms with Crippen LogP contribution < -0.4 is 10.6 Å². The summed E-state index contributed by atoms with van der Waals surface area (Å²) in [6.07, 6.45) is 2.82. The van der Waals surface area contributed by atoms with E-state index in [4.69, 9.17) is 0 Å². The molecule has 4 nitrogen and oxygen atoms in total. The smallest absolute Gasteiger partial charge is 0.293 e. The minimum atomic E-state index is -0.318. The standard InChI is InChI=1S/C8H16N2.C5H10O2/c1-3-9-4-2-7(1)8-5-10-6-8;1-5(2,3)7-4-6/h7-10H,1-6H2;4H,1-3H3. The fourth-order valence-electron chi connectivity index (χ4n) is 2.10. The van der Waals surface area contributed by atoms with Gasteiger partial charge in [-0.3, -0.25) is 4.79 Å². The van der Waals surface area contributed by atoms with Crippen LogP contribution in [0.5, 0.6) is 0 Å². The van der Waals surface area contributed by atoms with Crippen LogP contribution in [0.25, 0.3) is 0 Å². The van der Waals surface area contributed by atoms with E-state index in [-0.39, 0.29) is 5.60 Å². The maximum absolute atomic E-state index is 9.60. The topological polar surface area (TPSA) is 50.4 Å². The van der Waals surface area contributed by atoms with Gasteiger partial charge in [0.1, 0.15) is 5.60 Å². The summed E-state index contributed by atoms with van der Waals surface area (Å²) in [6.45, 7) is 11.0. The largest absolute Gasteiger partial charge is 0.462 e. The molecule has 0 bridgehead atoms. The third-order valence-electron chi connectivity index (χ3n) is 3.27. The predicted octanol–water partition coefficient (Wildman–Crippen LogP) is 1.16. The van der Waals surface area contributed by atoms with Crippen LogP contribution in [0.3, 0.4) is 0 Å². The van der Waals surface area contributed by atoms with Gasteiger partial charge in [-0.25, -0.2) is 0 Å². The Bertz CT molecular complexity index is 216. The Hall–Kier alpha value is -0.610. The summed E-state index contributed by atoms with van der Waals surface area (Å²) in [5.41, 5.74) is -0.318. The average molecular weight is 242 g/mol. The van der Waals surface area contributed by atoms with Crippen molar-refractivity contribution in [1.82, 2.24) is 10.6 Å². The van der Waals surface area contributed by atoms with Crippen molar-refractivity contribution in [2.45, 2.75) is 39.2 Å². The summed E-state index contributed by atoms with van der Waals surface area (Å²) in [6, 6.07) is 0. The number of hydrogen-bond donors (Lipinski definition) is 2. The molecule has 2 saturated heterocycles. The molecule has 0 atom stereocenters. The molecule has 2 heterocycles. The van der Waals surface area contributed by atoms with Crippen LogP contribution >= 0.6 is 0 Å². The van der Waals surface area contributed by atoms with Crippen LogP contribution in [0.2, 0.25) is 0 Å². The first kappa shape index (κ1) is 14.5. The first-order valence-corrected chi connectivity index (χ1v) is 6.56. The lowest BCUT2D eigenvalue weighted by Crippen LogP contribution is -2.48. The van der Waals surface area contributed by atoms with Gasteiger partial charge in [-0.15, -0.1) is 0 Å². The molecule has 2 rings (SSSR count). The zero-order valence-electron chi connectivity index (χ0n) is 11.3. The number of ether oxygens (including phenoxy) is 1. The quantitative estimate of drug-likeness (QED) is 0.714. The lowest BCUT2D eigenvalue weighted by molar-refractivity contribution is -0.138. The Kier molecular flexibility index (Phi) is 5.92. The summed E-state index contributed by atoms with van der Waals surface area (Å²) in [4.78, 5) is 9.60. The van der Waals surface area contributed by atoms with Gasteiger partial charge in [-0.1, -0.05) is 0 Å². The molecule has 0 radical (unpaired) electrons. The van der Waals surface area contributed by atoms with Gasteiger partial charge in [0.25, 0.3) is 6.47 Å². The molecule has 4 heteroatoms. The first-order valence-electron chi connectivity index (χ1n) is 6.56. The lowest BCUT2D eigenvalue weighted by atomic mass is 9.81. The van der Waals surface area contributed by atoms with E-state index in [1.54, 1.807) is 0 Å². The van der Waals surface area contributed by atoms with E-state index in [2.05, 4.69) is 15.4 Å². The highest BCUT2D eigenvalue weighted by Crippen LogP contribution is 2.24. The first-order chi connectivity index (χ1) is 8.03. The van der Waals surface area contributed by atoms with Crippen molar-refractivity contribution >= 4 is 6.47 Å². The molecular formula is C13H26N2O2. The summed E-state index contributed by atoms with van der Waals surface area (Å²) in [5.74, 6) is 2.05. The highest BCUT2D eigenvalue weighted by molar-refractivity contribution is 5.37. The Morgan fingerprint density at radius 3 is 1.94 bits per heavy atom. The van der Waals surface area contributed by atoms with Crippen molar-refractivity contribution in [2.24, 2.45) is 11.8 Å². The highest BCUT2D eigenvalue weighted by atomic mass is 16.5. The monoisotopic (exact) mass is 242 g/mol. The van der Waals surface area contributed by atoms with Gasteiger partial charge in [-0.2, -0.15) is 0 Å². The molecule has 17 heavy (non-hydrogen) atoms. The maximum Gasteiger partial charge on any atom is 0.293 e. The molecule has 0 spiro atoms. The van der Waals surface area contributed by atoms with Crippen molar-refractivity contribution < 1.29 is 9.53 Å². The van der Waals surface area contributed by atoms with E-state index in [1.807, 2.05) is 20.8 Å². The van der Waals surface area contributed by atoms with Crippen molar-refractivity contribution in [3.63, 3.8) is 0 Å². The van der Waals surface area contributed by atoms with Crippen molar-refractivity contribution in [2.75, 3.05) is 26.2 Å². The van der Waals surface area contributed by atoms with E-state index in [0.717, 1.165) is 11.8 Å². The molecule has 2 aliphatic heterocycles. The predicted molar refractivity (Wildman–Crippen MR) is 68.9 cm³/mol. The number of carbonyl (C=O) groups excluding carboxylic acids is 1. The van der Waals surface area contributed by atoms with E-state index in [0.29, 0.717) is 6.47 Å². The summed E-state index contributed by atoms with van der Waals surface area (Å²) in [7, 11) is 0. The second-order valence-electron chi connectivity index (χ2n) is 5.83. The van der Waals surface area contributed by atoms with Gasteiger partial charge in [0, 0.05) is 0 Å². The van der Waals surface area contributed by atoms with Gasteiger partial charge in [0.2, 0.25) is 0 Å². The van der Waals surface area contributed by atoms with Crippen molar-refractivity contribution in [3.05, 3.63) is 0 Å². The molecule has 0 aromatic carbocycles. The molecule has 0 aliphatic carbocycles. The Morgan fingerprint density at radius 1 is 1.06 bits per heavy atom. The van der Waals surface area contributed by atoms with E-state index in [9.17, 15) is 4.79 Å². The van der Waals surface area contributed by atoms with Gasteiger partial charge in [0.15, 0.2) is 0 Å². The number of carbonyl (C=O) groups is 1. The van der Waals surface area contributed by atoms with Crippen molar-refractivity contribution in [3.8, 4) is 0 Å². The molecule has 2 fully saturated rings. The van der Waals surface area contributed by atoms with E-state index in [1.165, 1.54) is 39.0 Å². The highest BCUT2D eigenvalue weighted by Gasteiger charge is 2.27. The molecular weight excluding hydrogens is 216 g/mol. The van der Waals surface area contributed by atoms with Gasteiger partial charge in [0.05, 0.1) is 0 Å². The Balaban J connectivity index is 0.000000185. The summed E-state index contributed by atoms with van der Waals surface area (Å²) in [5, 5.41) is 6.74. The van der Waals surface area contributed by atoms with Crippen LogP contribution in [-0.2, 0) is 9.53 Å². The molecule has 2 N–H and O–H groups in total. The molecule has 100 valence electrons. The lowest BCUT2D eigenvalue weighted by Gasteiger charge is -2.37. The van der Waals surface area contributed by atoms with Gasteiger partial charge in [-0.05, 0) is 71.6 Å². The molecule has 0 aromatic heterocycles. The molecule has 0 aromatic rings. The van der Waals surface area contributed by atoms with Crippen LogP contribution in [0.4, 0.5) is 0 Å². The van der Waals surface area contributed by atoms with Crippen LogP contribution in [0.1, 0.15) is 33.6 Å². The molecule has 0 unspecified atom stereocenters. The van der Waals surface area contributed by atoms with E-state index < -0.39 is 0 Å². The van der Waals surface area contributed by atoms with Crippen LogP contribution in [0.15, 0.2) is 0 Å². The number of hydrogen-bond acceptors (Lipinski definition) is 4. The second-order valence-corrected chi connectivity index (χ2v) is 5.83. The average Bonchev–Trinajstić information content (AvgIpc) is 2.15. The van der Waals surface area contributed by atoms with Crippen LogP contribution in [-0.4, -0.2) is 38.3 Å². The van der Waals surface area contributed by atoms with Crippen molar-refractivity contribution in [1.29, 1.82) is 0 Å². The molecule has 0 amide bonds. The normalized spacial score (nSPS) is 22.1. The third-order valence-corrected chi connectivity index (χ3v) is 3.27. The minimum Gasteiger partial charge on any atom is -0.462 e. The Labute approximate surface area is 104 Å².